The normalized spacial score (nSPS) is 10.0. The van der Waals surface area contributed by atoms with Crippen LogP contribution in [0.25, 0.3) is 0 Å². The molecule has 2 rings (SSSR count). The minimum atomic E-state index is -0.233. The van der Waals surface area contributed by atoms with Crippen molar-refractivity contribution in [3.05, 3.63) is 47.5 Å². The lowest BCUT2D eigenvalue weighted by Gasteiger charge is -2.14. The van der Waals surface area contributed by atoms with Gasteiger partial charge in [-0.25, -0.2) is 0 Å². The van der Waals surface area contributed by atoms with Crippen LogP contribution in [-0.2, 0) is 0 Å². The van der Waals surface area contributed by atoms with Crippen molar-refractivity contribution in [3.8, 4) is 17.2 Å². The van der Waals surface area contributed by atoms with Crippen LogP contribution >= 0.6 is 0 Å². The number of hydrogen-bond acceptors (Lipinski definition) is 4. The number of nitrogens with one attached hydrogen (secondary N) is 1. The zero-order valence-electron chi connectivity index (χ0n) is 13.1. The Hall–Kier alpha value is -2.69. The van der Waals surface area contributed by atoms with Crippen molar-refractivity contribution in [2.24, 2.45) is 0 Å². The second kappa shape index (κ2) is 6.85. The van der Waals surface area contributed by atoms with E-state index < -0.39 is 0 Å². The summed E-state index contributed by atoms with van der Waals surface area (Å²) in [6, 6.07) is 10.7. The summed E-state index contributed by atoms with van der Waals surface area (Å²) in [4.78, 5) is 12.5. The Labute approximate surface area is 129 Å². The zero-order chi connectivity index (χ0) is 16.1. The molecule has 0 aliphatic rings. The van der Waals surface area contributed by atoms with Gasteiger partial charge in [-0.1, -0.05) is 12.1 Å². The molecule has 0 saturated carbocycles. The van der Waals surface area contributed by atoms with Gasteiger partial charge < -0.3 is 19.5 Å². The first kappa shape index (κ1) is 15.7. The van der Waals surface area contributed by atoms with Crippen molar-refractivity contribution in [2.75, 3.05) is 26.6 Å². The topological polar surface area (TPSA) is 56.8 Å². The summed E-state index contributed by atoms with van der Waals surface area (Å²) >= 11 is 0. The van der Waals surface area contributed by atoms with Gasteiger partial charge in [-0.2, -0.15) is 0 Å². The highest BCUT2D eigenvalue weighted by Crippen LogP contribution is 2.31. The van der Waals surface area contributed by atoms with Crippen molar-refractivity contribution in [1.82, 2.24) is 0 Å². The van der Waals surface area contributed by atoms with Crippen LogP contribution in [0.4, 0.5) is 5.69 Å². The molecule has 0 fully saturated rings. The maximum atomic E-state index is 12.5. The molecule has 22 heavy (non-hydrogen) atoms. The Morgan fingerprint density at radius 2 is 1.50 bits per heavy atom. The highest BCUT2D eigenvalue weighted by atomic mass is 16.5. The van der Waals surface area contributed by atoms with Crippen molar-refractivity contribution in [3.63, 3.8) is 0 Å². The number of rotatable bonds is 5. The van der Waals surface area contributed by atoms with Crippen molar-refractivity contribution in [2.45, 2.75) is 6.92 Å². The molecule has 0 saturated heterocycles. The number of anilines is 1. The third-order valence-electron chi connectivity index (χ3n) is 3.33. The SMILES string of the molecule is COc1ccccc1NC(=O)c1cc(OC)c(OC)cc1C. The molecule has 2 aromatic carbocycles. The fourth-order valence-electron chi connectivity index (χ4n) is 2.16. The molecule has 0 aliphatic heterocycles. The molecular formula is C17H19NO4. The number of benzene rings is 2. The van der Waals surface area contributed by atoms with Crippen LogP contribution in [0.15, 0.2) is 36.4 Å². The van der Waals surface area contributed by atoms with E-state index in [9.17, 15) is 4.79 Å². The van der Waals surface area contributed by atoms with E-state index in [1.165, 1.54) is 7.11 Å². The minimum absolute atomic E-state index is 0.233. The van der Waals surface area contributed by atoms with Gasteiger partial charge in [-0.05, 0) is 36.8 Å². The molecule has 0 atom stereocenters. The molecule has 0 spiro atoms. The van der Waals surface area contributed by atoms with Crippen LogP contribution < -0.4 is 19.5 Å². The molecule has 5 heteroatoms. The Kier molecular flexibility index (Phi) is 4.88. The van der Waals surface area contributed by atoms with E-state index in [2.05, 4.69) is 5.32 Å². The van der Waals surface area contributed by atoms with E-state index in [0.29, 0.717) is 28.5 Å². The van der Waals surface area contributed by atoms with E-state index in [1.54, 1.807) is 38.5 Å². The predicted molar refractivity (Wildman–Crippen MR) is 85.2 cm³/mol. The quantitative estimate of drug-likeness (QED) is 0.921. The molecule has 0 unspecified atom stereocenters. The number of ether oxygens (including phenoxy) is 3. The molecule has 0 radical (unpaired) electrons. The first-order chi connectivity index (χ1) is 10.6. The Morgan fingerprint density at radius 3 is 2.14 bits per heavy atom. The van der Waals surface area contributed by atoms with Gasteiger partial charge in [0.1, 0.15) is 5.75 Å². The third kappa shape index (κ3) is 3.14. The summed E-state index contributed by atoms with van der Waals surface area (Å²) in [5.74, 6) is 1.48. The number of carbonyl (C=O) groups excluding carboxylic acids is 1. The number of carbonyl (C=O) groups is 1. The lowest BCUT2D eigenvalue weighted by atomic mass is 10.1. The predicted octanol–water partition coefficient (Wildman–Crippen LogP) is 3.27. The lowest BCUT2D eigenvalue weighted by molar-refractivity contribution is 0.102. The number of amides is 1. The maximum absolute atomic E-state index is 12.5. The Bertz CT molecular complexity index is 682. The molecule has 1 amide bonds. The molecule has 5 nitrogen and oxygen atoms in total. The van der Waals surface area contributed by atoms with Crippen molar-refractivity contribution < 1.29 is 19.0 Å². The van der Waals surface area contributed by atoms with Crippen LogP contribution in [0.3, 0.4) is 0 Å². The standard InChI is InChI=1S/C17H19NO4/c1-11-9-15(21-3)16(22-4)10-12(11)17(19)18-13-7-5-6-8-14(13)20-2/h5-10H,1-4H3,(H,18,19). The molecule has 0 aromatic heterocycles. The van der Waals surface area contributed by atoms with Crippen molar-refractivity contribution >= 4 is 11.6 Å². The highest BCUT2D eigenvalue weighted by molar-refractivity contribution is 6.06. The van der Waals surface area contributed by atoms with E-state index in [-0.39, 0.29) is 5.91 Å². The molecule has 1 N–H and O–H groups in total. The fraction of sp³-hybridized carbons (Fsp3) is 0.235. The third-order valence-corrected chi connectivity index (χ3v) is 3.33. The van der Waals surface area contributed by atoms with Gasteiger partial charge in [0, 0.05) is 5.56 Å². The number of aryl methyl sites for hydroxylation is 1. The first-order valence-electron chi connectivity index (χ1n) is 6.77. The van der Waals surface area contributed by atoms with Crippen LogP contribution in [0.1, 0.15) is 15.9 Å². The first-order valence-corrected chi connectivity index (χ1v) is 6.77. The average Bonchev–Trinajstić information content (AvgIpc) is 2.54. The van der Waals surface area contributed by atoms with E-state index in [1.807, 2.05) is 19.1 Å². The molecule has 0 bridgehead atoms. The van der Waals surface area contributed by atoms with E-state index in [0.717, 1.165) is 5.56 Å². The fourth-order valence-corrected chi connectivity index (χ4v) is 2.16. The average molecular weight is 301 g/mol. The van der Waals surface area contributed by atoms with Gasteiger partial charge in [0.05, 0.1) is 27.0 Å². The summed E-state index contributed by atoms with van der Waals surface area (Å²) in [5.41, 5.74) is 1.93. The van der Waals surface area contributed by atoms with Gasteiger partial charge in [-0.15, -0.1) is 0 Å². The van der Waals surface area contributed by atoms with Crippen LogP contribution in [0.2, 0.25) is 0 Å². The zero-order valence-corrected chi connectivity index (χ0v) is 13.1. The summed E-state index contributed by atoms with van der Waals surface area (Å²) in [7, 11) is 4.66. The Morgan fingerprint density at radius 1 is 0.909 bits per heavy atom. The van der Waals surface area contributed by atoms with Crippen LogP contribution in [-0.4, -0.2) is 27.2 Å². The number of methoxy groups -OCH3 is 3. The monoisotopic (exact) mass is 301 g/mol. The van der Waals surface area contributed by atoms with Crippen LogP contribution in [0.5, 0.6) is 17.2 Å². The van der Waals surface area contributed by atoms with E-state index in [4.69, 9.17) is 14.2 Å². The minimum Gasteiger partial charge on any atom is -0.495 e. The van der Waals surface area contributed by atoms with Gasteiger partial charge in [0.2, 0.25) is 0 Å². The van der Waals surface area contributed by atoms with Gasteiger partial charge >= 0.3 is 0 Å². The summed E-state index contributed by atoms with van der Waals surface area (Å²) in [6.07, 6.45) is 0. The molecule has 0 aliphatic carbocycles. The van der Waals surface area contributed by atoms with E-state index >= 15 is 0 Å². The molecule has 2 aromatic rings. The smallest absolute Gasteiger partial charge is 0.256 e. The number of para-hydroxylation sites is 2. The summed E-state index contributed by atoms with van der Waals surface area (Å²) in [6.45, 7) is 1.85. The second-order valence-electron chi connectivity index (χ2n) is 4.68. The van der Waals surface area contributed by atoms with Gasteiger partial charge in [0.15, 0.2) is 11.5 Å². The molecule has 116 valence electrons. The Balaban J connectivity index is 2.33. The second-order valence-corrected chi connectivity index (χ2v) is 4.68. The van der Waals surface area contributed by atoms with Crippen molar-refractivity contribution in [1.29, 1.82) is 0 Å². The lowest BCUT2D eigenvalue weighted by Crippen LogP contribution is -2.14. The highest BCUT2D eigenvalue weighted by Gasteiger charge is 2.15. The summed E-state index contributed by atoms with van der Waals surface area (Å²) in [5, 5.41) is 2.85. The number of hydrogen-bond donors (Lipinski definition) is 1. The summed E-state index contributed by atoms with van der Waals surface area (Å²) < 4.78 is 15.7. The van der Waals surface area contributed by atoms with Gasteiger partial charge in [-0.3, -0.25) is 4.79 Å². The maximum Gasteiger partial charge on any atom is 0.256 e. The molecule has 0 heterocycles. The van der Waals surface area contributed by atoms with Crippen LogP contribution in [0, 0.1) is 6.92 Å². The molecular weight excluding hydrogens is 282 g/mol. The van der Waals surface area contributed by atoms with Gasteiger partial charge in [0.25, 0.3) is 5.91 Å². The largest absolute Gasteiger partial charge is 0.495 e.